The second-order valence-corrected chi connectivity index (χ2v) is 6.98. The zero-order valence-corrected chi connectivity index (χ0v) is 15.7. The summed E-state index contributed by atoms with van der Waals surface area (Å²) >= 11 is 1.59. The Hall–Kier alpha value is -3.17. The Morgan fingerprint density at radius 3 is 2.67 bits per heavy atom. The molecule has 3 aromatic rings. The number of nitriles is 1. The van der Waals surface area contributed by atoms with Gasteiger partial charge in [0.05, 0.1) is 19.6 Å². The first-order valence-electron chi connectivity index (χ1n) is 8.22. The molecular weight excluding hydrogens is 363 g/mol. The molecule has 6 heteroatoms. The molecule has 0 aliphatic carbocycles. The number of carbonyl (C=O) groups is 1. The number of ether oxygens (including phenoxy) is 1. The summed E-state index contributed by atoms with van der Waals surface area (Å²) in [5.41, 5.74) is 3.97. The van der Waals surface area contributed by atoms with Crippen molar-refractivity contribution in [2.75, 3.05) is 12.4 Å². The monoisotopic (exact) mass is 380 g/mol. The number of hydrogen-bond donors (Lipinski definition) is 1. The summed E-state index contributed by atoms with van der Waals surface area (Å²) in [4.78, 5) is 12.2. The van der Waals surface area contributed by atoms with Crippen LogP contribution < -0.4 is 10.1 Å². The lowest BCUT2D eigenvalue weighted by molar-refractivity contribution is -0.105. The topological polar surface area (TPSA) is 62.1 Å². The SMILES string of the molecule is COc1ccc(NC=O)c(-c2ccsc2C)c1-c1ccc(CC#N)c(F)c1. The number of rotatable bonds is 6. The molecule has 4 nitrogen and oxygen atoms in total. The van der Waals surface area contributed by atoms with Crippen LogP contribution in [0.1, 0.15) is 10.4 Å². The lowest BCUT2D eigenvalue weighted by Crippen LogP contribution is -2.01. The Bertz CT molecular complexity index is 1040. The minimum absolute atomic E-state index is 0.00643. The van der Waals surface area contributed by atoms with Crippen molar-refractivity contribution >= 4 is 23.4 Å². The van der Waals surface area contributed by atoms with Crippen molar-refractivity contribution in [1.82, 2.24) is 0 Å². The third kappa shape index (κ3) is 3.55. The van der Waals surface area contributed by atoms with Gasteiger partial charge in [0.25, 0.3) is 0 Å². The van der Waals surface area contributed by atoms with E-state index in [-0.39, 0.29) is 6.42 Å². The molecule has 136 valence electrons. The zero-order chi connectivity index (χ0) is 19.4. The molecule has 0 aliphatic heterocycles. The molecule has 0 spiro atoms. The number of methoxy groups -OCH3 is 1. The maximum absolute atomic E-state index is 14.5. The molecule has 1 amide bonds. The van der Waals surface area contributed by atoms with Crippen LogP contribution in [0.15, 0.2) is 41.8 Å². The first-order chi connectivity index (χ1) is 13.1. The van der Waals surface area contributed by atoms with Crippen LogP contribution in [0.3, 0.4) is 0 Å². The normalized spacial score (nSPS) is 10.3. The molecule has 1 heterocycles. The van der Waals surface area contributed by atoms with Gasteiger partial charge < -0.3 is 10.1 Å². The number of anilines is 1. The van der Waals surface area contributed by atoms with E-state index in [4.69, 9.17) is 10.00 Å². The number of nitrogens with zero attached hydrogens (tertiary/aromatic N) is 1. The first-order valence-corrected chi connectivity index (χ1v) is 9.10. The van der Waals surface area contributed by atoms with Gasteiger partial charge in [0.15, 0.2) is 0 Å². The number of aryl methyl sites for hydroxylation is 1. The highest BCUT2D eigenvalue weighted by molar-refractivity contribution is 7.10. The summed E-state index contributed by atoms with van der Waals surface area (Å²) in [6, 6.07) is 12.2. The summed E-state index contributed by atoms with van der Waals surface area (Å²) in [5.74, 6) is 0.123. The Morgan fingerprint density at radius 2 is 2.07 bits per heavy atom. The van der Waals surface area contributed by atoms with E-state index in [0.29, 0.717) is 34.5 Å². The van der Waals surface area contributed by atoms with Crippen LogP contribution in [0.5, 0.6) is 5.75 Å². The van der Waals surface area contributed by atoms with Gasteiger partial charge >= 0.3 is 0 Å². The van der Waals surface area contributed by atoms with Crippen molar-refractivity contribution in [2.45, 2.75) is 13.3 Å². The van der Waals surface area contributed by atoms with Gasteiger partial charge in [0, 0.05) is 27.3 Å². The van der Waals surface area contributed by atoms with E-state index < -0.39 is 5.82 Å². The van der Waals surface area contributed by atoms with Crippen molar-refractivity contribution in [3.05, 3.63) is 58.0 Å². The standard InChI is InChI=1S/C21H17FN2O2S/c1-13-16(8-10-27-13)21-18(24-12-25)5-6-19(26-2)20(21)15-4-3-14(7-9-23)17(22)11-15/h3-6,8,10-12H,7H2,1-2H3,(H,24,25). The molecule has 0 fully saturated rings. The third-order valence-corrected chi connectivity index (χ3v) is 5.19. The number of nitrogens with one attached hydrogen (secondary N) is 1. The molecule has 0 radical (unpaired) electrons. The number of carbonyl (C=O) groups excluding carboxylic acids is 1. The van der Waals surface area contributed by atoms with E-state index in [0.717, 1.165) is 16.0 Å². The van der Waals surface area contributed by atoms with Gasteiger partial charge in [-0.1, -0.05) is 12.1 Å². The summed E-state index contributed by atoms with van der Waals surface area (Å²) in [5, 5.41) is 13.5. The maximum Gasteiger partial charge on any atom is 0.211 e. The Labute approximate surface area is 160 Å². The van der Waals surface area contributed by atoms with E-state index in [2.05, 4.69) is 5.32 Å². The molecule has 3 rings (SSSR count). The largest absolute Gasteiger partial charge is 0.496 e. The lowest BCUT2D eigenvalue weighted by atomic mass is 9.91. The molecular formula is C21H17FN2O2S. The fourth-order valence-corrected chi connectivity index (χ4v) is 3.78. The van der Waals surface area contributed by atoms with E-state index >= 15 is 0 Å². The third-order valence-electron chi connectivity index (χ3n) is 4.34. The summed E-state index contributed by atoms with van der Waals surface area (Å²) < 4.78 is 20.0. The van der Waals surface area contributed by atoms with Crippen LogP contribution in [-0.4, -0.2) is 13.5 Å². The average molecular weight is 380 g/mol. The van der Waals surface area contributed by atoms with Crippen molar-refractivity contribution < 1.29 is 13.9 Å². The summed E-state index contributed by atoms with van der Waals surface area (Å²) in [6.45, 7) is 1.99. The second-order valence-electron chi connectivity index (χ2n) is 5.86. The maximum atomic E-state index is 14.5. The van der Waals surface area contributed by atoms with Gasteiger partial charge in [-0.2, -0.15) is 5.26 Å². The molecule has 0 bridgehead atoms. The van der Waals surface area contributed by atoms with Crippen molar-refractivity contribution in [3.8, 4) is 34.1 Å². The van der Waals surface area contributed by atoms with Gasteiger partial charge in [0.1, 0.15) is 11.6 Å². The molecule has 0 saturated carbocycles. The molecule has 27 heavy (non-hydrogen) atoms. The smallest absolute Gasteiger partial charge is 0.211 e. The van der Waals surface area contributed by atoms with Crippen molar-refractivity contribution in [3.63, 3.8) is 0 Å². The highest BCUT2D eigenvalue weighted by Gasteiger charge is 2.20. The Morgan fingerprint density at radius 1 is 1.26 bits per heavy atom. The van der Waals surface area contributed by atoms with Gasteiger partial charge in [-0.3, -0.25) is 4.79 Å². The quantitative estimate of drug-likeness (QED) is 0.600. The minimum atomic E-state index is -0.446. The average Bonchev–Trinajstić information content (AvgIpc) is 3.09. The van der Waals surface area contributed by atoms with Gasteiger partial charge in [-0.25, -0.2) is 4.39 Å². The van der Waals surface area contributed by atoms with Crippen molar-refractivity contribution in [2.24, 2.45) is 0 Å². The molecule has 0 aliphatic rings. The van der Waals surface area contributed by atoms with Crippen LogP contribution in [0.25, 0.3) is 22.3 Å². The van der Waals surface area contributed by atoms with Crippen LogP contribution in [-0.2, 0) is 11.2 Å². The predicted octanol–water partition coefficient (Wildman–Crippen LogP) is 5.17. The highest BCUT2D eigenvalue weighted by atomic mass is 32.1. The van der Waals surface area contributed by atoms with Gasteiger partial charge in [-0.15, -0.1) is 11.3 Å². The van der Waals surface area contributed by atoms with E-state index in [9.17, 15) is 9.18 Å². The second kappa shape index (κ2) is 8.02. The first kappa shape index (κ1) is 18.6. The molecule has 2 aromatic carbocycles. The molecule has 1 N–H and O–H groups in total. The number of amides is 1. The predicted molar refractivity (Wildman–Crippen MR) is 105 cm³/mol. The number of thiophene rings is 1. The number of halogens is 1. The van der Waals surface area contributed by atoms with E-state index in [1.807, 2.05) is 24.4 Å². The number of hydrogen-bond acceptors (Lipinski definition) is 4. The summed E-state index contributed by atoms with van der Waals surface area (Å²) in [6.07, 6.45) is 0.625. The molecule has 0 atom stereocenters. The molecule has 1 aromatic heterocycles. The minimum Gasteiger partial charge on any atom is -0.496 e. The van der Waals surface area contributed by atoms with Gasteiger partial charge in [0.2, 0.25) is 6.41 Å². The van der Waals surface area contributed by atoms with Crippen LogP contribution in [0.2, 0.25) is 0 Å². The zero-order valence-electron chi connectivity index (χ0n) is 14.9. The molecule has 0 saturated heterocycles. The van der Waals surface area contributed by atoms with Crippen LogP contribution >= 0.6 is 11.3 Å². The van der Waals surface area contributed by atoms with Gasteiger partial charge in [-0.05, 0) is 47.7 Å². The lowest BCUT2D eigenvalue weighted by Gasteiger charge is -2.18. The summed E-state index contributed by atoms with van der Waals surface area (Å²) in [7, 11) is 1.55. The van der Waals surface area contributed by atoms with E-state index in [1.165, 1.54) is 6.07 Å². The van der Waals surface area contributed by atoms with E-state index in [1.54, 1.807) is 42.7 Å². The van der Waals surface area contributed by atoms with Crippen LogP contribution in [0.4, 0.5) is 10.1 Å². The van der Waals surface area contributed by atoms with Crippen LogP contribution in [0, 0.1) is 24.1 Å². The fourth-order valence-electron chi connectivity index (χ4n) is 3.08. The van der Waals surface area contributed by atoms with Crippen molar-refractivity contribution in [1.29, 1.82) is 5.26 Å². The molecule has 0 unspecified atom stereocenters. The Kier molecular flexibility index (Phi) is 5.53. The fraction of sp³-hybridized carbons (Fsp3) is 0.143. The number of benzene rings is 2. The Balaban J connectivity index is 2.32. The highest BCUT2D eigenvalue weighted by Crippen LogP contribution is 2.46.